The molecule has 0 spiro atoms. The molecule has 0 aliphatic rings. The molecule has 1 heterocycles. The molecule has 0 saturated carbocycles. The predicted molar refractivity (Wildman–Crippen MR) is 102 cm³/mol. The number of carbonyl (C=O) groups excluding carboxylic acids is 1. The fourth-order valence-electron chi connectivity index (χ4n) is 1.88. The summed E-state index contributed by atoms with van der Waals surface area (Å²) in [4.78, 5) is 29.4. The van der Waals surface area contributed by atoms with Crippen molar-refractivity contribution >= 4 is 50.7 Å². The second-order valence-electron chi connectivity index (χ2n) is 5.09. The van der Waals surface area contributed by atoms with Crippen LogP contribution in [0.1, 0.15) is 0 Å². The number of benzene rings is 1. The lowest BCUT2D eigenvalue weighted by Gasteiger charge is -2.06. The lowest BCUT2D eigenvalue weighted by atomic mass is 10.4. The van der Waals surface area contributed by atoms with Crippen molar-refractivity contribution in [3.8, 4) is 0 Å². The van der Waals surface area contributed by atoms with Crippen LogP contribution in [0.15, 0.2) is 44.1 Å². The summed E-state index contributed by atoms with van der Waals surface area (Å²) in [5, 5.41) is 2.97. The van der Waals surface area contributed by atoms with Gasteiger partial charge in [0.2, 0.25) is 15.7 Å². The van der Waals surface area contributed by atoms with Gasteiger partial charge in [0.15, 0.2) is 10.1 Å². The van der Waals surface area contributed by atoms with Gasteiger partial charge in [-0.2, -0.15) is 0 Å². The molecule has 0 fully saturated rings. The molecule has 8 nitrogen and oxygen atoms in total. The second-order valence-corrected chi connectivity index (χ2v) is 8.79. The van der Waals surface area contributed by atoms with E-state index in [2.05, 4.69) is 15.3 Å². The van der Waals surface area contributed by atoms with Crippen LogP contribution in [0, 0.1) is 0 Å². The highest BCUT2D eigenvalue weighted by atomic mass is 35.5. The number of H-pyrrole nitrogens is 1. The zero-order valence-electron chi connectivity index (χ0n) is 14.0. The van der Waals surface area contributed by atoms with Crippen molar-refractivity contribution in [2.24, 2.45) is 0 Å². The second kappa shape index (κ2) is 9.56. The third-order valence-electron chi connectivity index (χ3n) is 3.20. The summed E-state index contributed by atoms with van der Waals surface area (Å²) < 4.78 is 30.0. The van der Waals surface area contributed by atoms with Crippen LogP contribution in [-0.4, -0.2) is 50.3 Å². The van der Waals surface area contributed by atoms with Crippen LogP contribution in [0.25, 0.3) is 0 Å². The van der Waals surface area contributed by atoms with E-state index in [0.29, 0.717) is 13.2 Å². The standard InChI is InChI=1S/C15H15Cl2N3O5S2/c1-25-5-4-18-13(21)8-26-15-19-7-12(14(22)20-15)27(23,24)9-2-3-10(16)11(17)6-9/h2-3,6-7H,4-5,8H2,1H3,(H,18,21)(H,19,20,22). The molecule has 2 rings (SSSR count). The predicted octanol–water partition coefficient (Wildman–Crippen LogP) is 1.76. The van der Waals surface area contributed by atoms with Gasteiger partial charge in [0.25, 0.3) is 5.56 Å². The molecule has 0 aliphatic carbocycles. The van der Waals surface area contributed by atoms with Gasteiger partial charge in [-0.25, -0.2) is 13.4 Å². The summed E-state index contributed by atoms with van der Waals surface area (Å²) in [6, 6.07) is 3.73. The van der Waals surface area contributed by atoms with Gasteiger partial charge < -0.3 is 15.0 Å². The number of sulfone groups is 1. The van der Waals surface area contributed by atoms with Gasteiger partial charge in [-0.3, -0.25) is 9.59 Å². The maximum Gasteiger partial charge on any atom is 0.270 e. The molecule has 0 saturated heterocycles. The summed E-state index contributed by atoms with van der Waals surface area (Å²) in [6.45, 7) is 0.743. The lowest BCUT2D eigenvalue weighted by molar-refractivity contribution is -0.118. The van der Waals surface area contributed by atoms with Crippen molar-refractivity contribution in [2.75, 3.05) is 26.0 Å². The summed E-state index contributed by atoms with van der Waals surface area (Å²) in [5.41, 5.74) is -0.849. The van der Waals surface area contributed by atoms with Gasteiger partial charge in [0.05, 0.1) is 33.5 Å². The monoisotopic (exact) mass is 451 g/mol. The van der Waals surface area contributed by atoms with Gasteiger partial charge >= 0.3 is 0 Å². The van der Waals surface area contributed by atoms with Gasteiger partial charge in [0.1, 0.15) is 0 Å². The summed E-state index contributed by atoms with van der Waals surface area (Å²) in [7, 11) is -2.61. The third-order valence-corrected chi connectivity index (χ3v) is 6.57. The van der Waals surface area contributed by atoms with Crippen LogP contribution in [0.4, 0.5) is 0 Å². The first-order valence-electron chi connectivity index (χ1n) is 7.43. The number of halogens is 2. The Balaban J connectivity index is 2.15. The topological polar surface area (TPSA) is 118 Å². The van der Waals surface area contributed by atoms with E-state index in [1.54, 1.807) is 0 Å². The number of rotatable bonds is 8. The maximum atomic E-state index is 12.6. The van der Waals surface area contributed by atoms with Crippen LogP contribution in [0.3, 0.4) is 0 Å². The average molecular weight is 452 g/mol. The van der Waals surface area contributed by atoms with Gasteiger partial charge in [-0.05, 0) is 18.2 Å². The molecule has 0 atom stereocenters. The largest absolute Gasteiger partial charge is 0.383 e. The van der Waals surface area contributed by atoms with Gasteiger partial charge in [-0.15, -0.1) is 0 Å². The molecular weight excluding hydrogens is 437 g/mol. The average Bonchev–Trinajstić information content (AvgIpc) is 2.62. The van der Waals surface area contributed by atoms with Crippen molar-refractivity contribution < 1.29 is 17.9 Å². The van der Waals surface area contributed by atoms with Crippen LogP contribution < -0.4 is 10.9 Å². The molecule has 0 radical (unpaired) electrons. The van der Waals surface area contributed by atoms with Crippen molar-refractivity contribution in [1.29, 1.82) is 0 Å². The number of methoxy groups -OCH3 is 1. The summed E-state index contributed by atoms with van der Waals surface area (Å²) >= 11 is 12.6. The normalized spacial score (nSPS) is 11.4. The van der Waals surface area contributed by atoms with E-state index in [-0.39, 0.29) is 31.8 Å². The van der Waals surface area contributed by atoms with Crippen LogP contribution >= 0.6 is 35.0 Å². The Bertz CT molecular complexity index is 995. The van der Waals surface area contributed by atoms with Crippen molar-refractivity contribution in [3.05, 3.63) is 44.8 Å². The SMILES string of the molecule is COCCNC(=O)CSc1ncc(S(=O)(=O)c2ccc(Cl)c(Cl)c2)c(=O)[nH]1. The zero-order valence-corrected chi connectivity index (χ0v) is 17.1. The molecule has 146 valence electrons. The number of hydrogen-bond donors (Lipinski definition) is 2. The minimum absolute atomic E-state index is 0.00550. The Labute approximate surface area is 169 Å². The minimum atomic E-state index is -4.12. The van der Waals surface area contributed by atoms with E-state index in [9.17, 15) is 18.0 Å². The Morgan fingerprint density at radius 2 is 2.07 bits per heavy atom. The first kappa shape index (κ1) is 21.7. The van der Waals surface area contributed by atoms with Crippen molar-refractivity contribution in [1.82, 2.24) is 15.3 Å². The quantitative estimate of drug-likeness (QED) is 0.356. The number of aromatic nitrogens is 2. The number of ether oxygens (including phenoxy) is 1. The molecule has 0 aliphatic heterocycles. The van der Waals surface area contributed by atoms with Gasteiger partial charge in [0, 0.05) is 13.7 Å². The molecule has 2 aromatic rings. The summed E-state index contributed by atoms with van der Waals surface area (Å²) in [6.07, 6.45) is 0.946. The first-order valence-corrected chi connectivity index (χ1v) is 10.7. The highest BCUT2D eigenvalue weighted by Gasteiger charge is 2.23. The Morgan fingerprint density at radius 1 is 1.33 bits per heavy atom. The molecule has 2 N–H and O–H groups in total. The minimum Gasteiger partial charge on any atom is -0.383 e. The number of hydrogen-bond acceptors (Lipinski definition) is 7. The molecule has 1 aromatic heterocycles. The number of amides is 1. The molecule has 0 unspecified atom stereocenters. The smallest absolute Gasteiger partial charge is 0.270 e. The zero-order chi connectivity index (χ0) is 20.0. The third kappa shape index (κ3) is 5.69. The highest BCUT2D eigenvalue weighted by molar-refractivity contribution is 7.99. The fourth-order valence-corrected chi connectivity index (χ4v) is 4.17. The van der Waals surface area contributed by atoms with Crippen molar-refractivity contribution in [2.45, 2.75) is 14.9 Å². The number of carbonyl (C=O) groups is 1. The van der Waals surface area contributed by atoms with E-state index in [1.165, 1.54) is 19.2 Å². The first-order chi connectivity index (χ1) is 12.8. The van der Waals surface area contributed by atoms with Crippen molar-refractivity contribution in [3.63, 3.8) is 0 Å². The van der Waals surface area contributed by atoms with E-state index < -0.39 is 20.3 Å². The summed E-state index contributed by atoms with van der Waals surface area (Å²) in [5.74, 6) is -0.266. The number of nitrogens with zero attached hydrogens (tertiary/aromatic N) is 1. The highest BCUT2D eigenvalue weighted by Crippen LogP contribution is 2.27. The Hall–Kier alpha value is -1.59. The van der Waals surface area contributed by atoms with E-state index in [0.717, 1.165) is 24.0 Å². The maximum absolute atomic E-state index is 12.6. The molecule has 12 heteroatoms. The van der Waals surface area contributed by atoms with Gasteiger partial charge in [-0.1, -0.05) is 35.0 Å². The van der Waals surface area contributed by atoms with Crippen LogP contribution in [0.2, 0.25) is 10.0 Å². The van der Waals surface area contributed by atoms with E-state index >= 15 is 0 Å². The van der Waals surface area contributed by atoms with E-state index in [1.807, 2.05) is 0 Å². The molecule has 1 amide bonds. The lowest BCUT2D eigenvalue weighted by Crippen LogP contribution is -2.28. The molecular formula is C15H15Cl2N3O5S2. The fraction of sp³-hybridized carbons (Fsp3) is 0.267. The van der Waals surface area contributed by atoms with Crippen LogP contribution in [-0.2, 0) is 19.4 Å². The number of aromatic amines is 1. The number of thioether (sulfide) groups is 1. The molecule has 1 aromatic carbocycles. The molecule has 27 heavy (non-hydrogen) atoms. The Kier molecular flexibility index (Phi) is 7.68. The Morgan fingerprint density at radius 3 is 2.70 bits per heavy atom. The van der Waals surface area contributed by atoms with E-state index in [4.69, 9.17) is 27.9 Å². The molecule has 0 bridgehead atoms. The van der Waals surface area contributed by atoms with Crippen LogP contribution in [0.5, 0.6) is 0 Å². The number of nitrogens with one attached hydrogen (secondary N) is 2.